The van der Waals surface area contributed by atoms with E-state index in [0.29, 0.717) is 28.4 Å². The van der Waals surface area contributed by atoms with E-state index < -0.39 is 0 Å². The van der Waals surface area contributed by atoms with Crippen LogP contribution in [0.5, 0.6) is 5.75 Å². The van der Waals surface area contributed by atoms with E-state index in [4.69, 9.17) is 0 Å². The van der Waals surface area contributed by atoms with Crippen LogP contribution in [0.1, 0.15) is 60.3 Å². The third kappa shape index (κ3) is 4.79. The third-order valence-corrected chi connectivity index (χ3v) is 7.52. The molecule has 2 aromatic heterocycles. The van der Waals surface area contributed by atoms with E-state index in [1.807, 2.05) is 43.3 Å². The van der Waals surface area contributed by atoms with Gasteiger partial charge < -0.3 is 15.7 Å². The summed E-state index contributed by atoms with van der Waals surface area (Å²) in [5.41, 5.74) is 2.43. The highest BCUT2D eigenvalue weighted by atomic mass is 32.1. The van der Waals surface area contributed by atoms with Gasteiger partial charge in [-0.3, -0.25) is 4.79 Å². The highest BCUT2D eigenvalue weighted by Gasteiger charge is 2.26. The molecule has 35 heavy (non-hydrogen) atoms. The van der Waals surface area contributed by atoms with Gasteiger partial charge in [0, 0.05) is 34.5 Å². The Morgan fingerprint density at radius 1 is 1.11 bits per heavy atom. The molecule has 1 aliphatic rings. The molecular weight excluding hydrogens is 460 g/mol. The molecule has 3 N–H and O–H groups in total. The molecule has 1 fully saturated rings. The normalized spacial score (nSPS) is 13.9. The largest absolute Gasteiger partial charge is 0.507 e. The number of nitrogens with one attached hydrogen (secondary N) is 2. The Hall–Kier alpha value is -3.65. The summed E-state index contributed by atoms with van der Waals surface area (Å²) in [4.78, 5) is 26.1. The van der Waals surface area contributed by atoms with Crippen molar-refractivity contribution in [3.8, 4) is 17.0 Å². The van der Waals surface area contributed by atoms with Gasteiger partial charge in [0.1, 0.15) is 5.75 Å². The minimum absolute atomic E-state index is 0.00395. The number of benzene rings is 2. The first-order chi connectivity index (χ1) is 17.0. The van der Waals surface area contributed by atoms with Crippen LogP contribution in [-0.2, 0) is 0 Å². The Kier molecular flexibility index (Phi) is 6.55. The zero-order chi connectivity index (χ0) is 24.4. The Labute approximate surface area is 207 Å². The fraction of sp³-hybridized carbons (Fsp3) is 0.296. The minimum atomic E-state index is -0.244. The van der Waals surface area contributed by atoms with Gasteiger partial charge in [-0.05, 0) is 55.0 Å². The molecule has 0 bridgehead atoms. The molecular formula is C27H28N4O3S. The van der Waals surface area contributed by atoms with Crippen LogP contribution in [0.15, 0.2) is 54.6 Å². The van der Waals surface area contributed by atoms with Crippen molar-refractivity contribution in [2.45, 2.75) is 44.9 Å². The van der Waals surface area contributed by atoms with Crippen LogP contribution >= 0.6 is 11.3 Å². The van der Waals surface area contributed by atoms with Crippen LogP contribution in [0, 0.1) is 0 Å². The average molecular weight is 489 g/mol. The van der Waals surface area contributed by atoms with Crippen LogP contribution in [0.25, 0.3) is 21.3 Å². The van der Waals surface area contributed by atoms with Crippen molar-refractivity contribution in [3.63, 3.8) is 0 Å². The molecule has 4 aromatic rings. The Bertz CT molecular complexity index is 1350. The lowest BCUT2D eigenvalue weighted by Gasteiger charge is -2.11. The van der Waals surface area contributed by atoms with Crippen molar-refractivity contribution in [1.82, 2.24) is 15.1 Å². The lowest BCUT2D eigenvalue weighted by molar-refractivity contribution is 0.103. The number of phenolic OH excluding ortho intramolecular Hbond substituents is 1. The van der Waals surface area contributed by atoms with Crippen LogP contribution in [0.3, 0.4) is 0 Å². The lowest BCUT2D eigenvalue weighted by atomic mass is 10.0. The van der Waals surface area contributed by atoms with Gasteiger partial charge in [0.15, 0.2) is 0 Å². The average Bonchev–Trinajstić information content (AvgIpc) is 3.61. The van der Waals surface area contributed by atoms with Gasteiger partial charge >= 0.3 is 6.03 Å². The highest BCUT2D eigenvalue weighted by molar-refractivity contribution is 7.20. The Morgan fingerprint density at radius 3 is 2.66 bits per heavy atom. The Morgan fingerprint density at radius 2 is 1.91 bits per heavy atom. The number of aromatic nitrogens is 2. The zero-order valence-corrected chi connectivity index (χ0v) is 20.4. The maximum absolute atomic E-state index is 12.8. The molecule has 8 heteroatoms. The lowest BCUT2D eigenvalue weighted by Crippen LogP contribution is -2.31. The number of thiophene rings is 1. The van der Waals surface area contributed by atoms with E-state index in [1.165, 1.54) is 22.1 Å². The number of carbonyl (C=O) groups is 2. The van der Waals surface area contributed by atoms with E-state index in [-0.39, 0.29) is 23.6 Å². The van der Waals surface area contributed by atoms with Gasteiger partial charge in [-0.2, -0.15) is 9.78 Å². The van der Waals surface area contributed by atoms with Gasteiger partial charge in [0.2, 0.25) is 0 Å². The van der Waals surface area contributed by atoms with Crippen molar-refractivity contribution < 1.29 is 14.7 Å². The molecule has 5 rings (SSSR count). The van der Waals surface area contributed by atoms with Crippen molar-refractivity contribution in [3.05, 3.63) is 65.2 Å². The van der Waals surface area contributed by atoms with Crippen LogP contribution < -0.4 is 10.6 Å². The first kappa shape index (κ1) is 23.1. The number of carbonyl (C=O) groups excluding carboxylic acids is 2. The topological polar surface area (TPSA) is 96.3 Å². The fourth-order valence-corrected chi connectivity index (χ4v) is 5.58. The standard InChI is InChI=1S/C27H28N4O3S/c1-2-13-28-27(34)31-22(17-7-3-4-8-17)16-21(30-31)20-12-11-19(15-23(20)32)29-26(33)25-14-18-9-5-6-10-24(18)35-25/h5-6,9-12,14-17,32H,2-4,7-8,13H2,1H3,(H,28,34)(H,29,33). The molecule has 0 saturated heterocycles. The predicted octanol–water partition coefficient (Wildman–Crippen LogP) is 6.35. The van der Waals surface area contributed by atoms with E-state index in [2.05, 4.69) is 15.7 Å². The molecule has 2 heterocycles. The first-order valence-corrected chi connectivity index (χ1v) is 12.9. The summed E-state index contributed by atoms with van der Waals surface area (Å²) in [5, 5.41) is 22.1. The molecule has 0 atom stereocenters. The number of phenols is 1. The van der Waals surface area contributed by atoms with Crippen molar-refractivity contribution in [1.29, 1.82) is 0 Å². The van der Waals surface area contributed by atoms with Crippen molar-refractivity contribution in [2.24, 2.45) is 0 Å². The fourth-order valence-electron chi connectivity index (χ4n) is 4.62. The number of amides is 2. The molecule has 1 saturated carbocycles. The number of hydrogen-bond acceptors (Lipinski definition) is 5. The second kappa shape index (κ2) is 9.92. The predicted molar refractivity (Wildman–Crippen MR) is 139 cm³/mol. The summed E-state index contributed by atoms with van der Waals surface area (Å²) in [6.07, 6.45) is 5.18. The number of fused-ring (bicyclic) bond motifs is 1. The monoisotopic (exact) mass is 488 g/mol. The van der Waals surface area contributed by atoms with E-state index in [0.717, 1.165) is 47.9 Å². The van der Waals surface area contributed by atoms with Crippen LogP contribution in [0.2, 0.25) is 0 Å². The Balaban J connectivity index is 1.39. The van der Waals surface area contributed by atoms with E-state index in [9.17, 15) is 14.7 Å². The molecule has 2 amide bonds. The molecule has 0 unspecified atom stereocenters. The maximum atomic E-state index is 12.8. The maximum Gasteiger partial charge on any atom is 0.342 e. The number of nitrogens with zero attached hydrogens (tertiary/aromatic N) is 2. The van der Waals surface area contributed by atoms with E-state index in [1.54, 1.807) is 12.1 Å². The summed E-state index contributed by atoms with van der Waals surface area (Å²) in [7, 11) is 0. The highest BCUT2D eigenvalue weighted by Crippen LogP contribution is 2.38. The quantitative estimate of drug-likeness (QED) is 0.295. The molecule has 7 nitrogen and oxygen atoms in total. The van der Waals surface area contributed by atoms with Crippen LogP contribution in [0.4, 0.5) is 10.5 Å². The number of rotatable bonds is 6. The van der Waals surface area contributed by atoms with Gasteiger partial charge in [0.05, 0.1) is 16.3 Å². The molecule has 180 valence electrons. The van der Waals surface area contributed by atoms with Crippen LogP contribution in [-0.4, -0.2) is 33.4 Å². The number of hydrogen-bond donors (Lipinski definition) is 3. The van der Waals surface area contributed by atoms with Crippen molar-refractivity contribution in [2.75, 3.05) is 11.9 Å². The summed E-state index contributed by atoms with van der Waals surface area (Å²) in [6, 6.07) is 16.4. The van der Waals surface area contributed by atoms with Gasteiger partial charge in [-0.1, -0.05) is 38.0 Å². The summed E-state index contributed by atoms with van der Waals surface area (Å²) >= 11 is 1.43. The summed E-state index contributed by atoms with van der Waals surface area (Å²) in [6.45, 7) is 2.59. The molecule has 0 aliphatic heterocycles. The van der Waals surface area contributed by atoms with Gasteiger partial charge in [0.25, 0.3) is 5.91 Å². The summed E-state index contributed by atoms with van der Waals surface area (Å²) in [5.74, 6) is 0.0557. The second-order valence-corrected chi connectivity index (χ2v) is 10.00. The minimum Gasteiger partial charge on any atom is -0.507 e. The molecule has 1 aliphatic carbocycles. The SMILES string of the molecule is CCCNC(=O)n1nc(-c2ccc(NC(=O)c3cc4ccccc4s3)cc2O)cc1C1CCCC1. The summed E-state index contributed by atoms with van der Waals surface area (Å²) < 4.78 is 2.50. The van der Waals surface area contributed by atoms with Gasteiger partial charge in [-0.15, -0.1) is 11.3 Å². The third-order valence-electron chi connectivity index (χ3n) is 6.41. The number of anilines is 1. The molecule has 0 spiro atoms. The van der Waals surface area contributed by atoms with Gasteiger partial charge in [-0.25, -0.2) is 4.79 Å². The smallest absolute Gasteiger partial charge is 0.342 e. The molecule has 2 aromatic carbocycles. The number of aromatic hydroxyl groups is 1. The zero-order valence-electron chi connectivity index (χ0n) is 19.6. The first-order valence-electron chi connectivity index (χ1n) is 12.0. The van der Waals surface area contributed by atoms with E-state index >= 15 is 0 Å². The second-order valence-electron chi connectivity index (χ2n) is 8.91. The van der Waals surface area contributed by atoms with Crippen molar-refractivity contribution >= 4 is 39.0 Å². The molecule has 0 radical (unpaired) electrons.